The van der Waals surface area contributed by atoms with Crippen molar-refractivity contribution in [1.82, 2.24) is 14.7 Å². The van der Waals surface area contributed by atoms with E-state index in [0.717, 1.165) is 10.3 Å². The molecule has 2 aromatic heterocycles. The molecule has 34 heavy (non-hydrogen) atoms. The molecule has 2 N–H and O–H groups in total. The monoisotopic (exact) mass is 570 g/mol. The van der Waals surface area contributed by atoms with Gasteiger partial charge in [-0.25, -0.2) is 4.98 Å². The maximum absolute atomic E-state index is 12.6. The summed E-state index contributed by atoms with van der Waals surface area (Å²) in [6.45, 7) is 1.60. The number of halogens is 3. The molecule has 0 saturated heterocycles. The number of carbonyl (C=O) groups excluding carboxylic acids is 2. The normalized spacial score (nSPS) is 10.9. The molecule has 0 spiro atoms. The van der Waals surface area contributed by atoms with Crippen molar-refractivity contribution in [3.05, 3.63) is 56.4 Å². The minimum Gasteiger partial charge on any atom is -0.485 e. The molecule has 0 bridgehead atoms. The minimum atomic E-state index is -1.09. The predicted octanol–water partition coefficient (Wildman–Crippen LogP) is 4.23. The van der Waals surface area contributed by atoms with Gasteiger partial charge in [0.15, 0.2) is 11.4 Å². The second-order valence-corrected chi connectivity index (χ2v) is 8.86. The zero-order chi connectivity index (χ0) is 25.0. The summed E-state index contributed by atoms with van der Waals surface area (Å²) in [5.41, 5.74) is 2.30. The highest BCUT2D eigenvalue weighted by atomic mass is 79.9. The number of carboxylic acids is 1. The Morgan fingerprint density at radius 1 is 1.24 bits per heavy atom. The molecule has 0 radical (unpaired) electrons. The maximum atomic E-state index is 12.6. The second kappa shape index (κ2) is 11.1. The Bertz CT molecular complexity index is 1260. The standard InChI is InChI=1S/C22H21BrCl2N4O5/c1-12-21(23)29-9-3-4-16(22(29)27-12)34-11-13-14(24)5-6-15(20(13)25)28(2)18(31)10-26-17(30)7-8-19(32)33/h3-6,9H,7-8,10-11H2,1-2H3,(H,26,30)(H,32,33). The quantitative estimate of drug-likeness (QED) is 0.397. The number of amides is 2. The molecule has 0 aliphatic heterocycles. The first-order chi connectivity index (χ1) is 16.1. The molecule has 0 saturated carbocycles. The summed E-state index contributed by atoms with van der Waals surface area (Å²) in [6, 6.07) is 6.80. The van der Waals surface area contributed by atoms with E-state index in [1.54, 1.807) is 18.2 Å². The van der Waals surface area contributed by atoms with E-state index in [9.17, 15) is 14.4 Å². The van der Waals surface area contributed by atoms with Gasteiger partial charge in [0, 0.05) is 30.3 Å². The van der Waals surface area contributed by atoms with Gasteiger partial charge in [-0.15, -0.1) is 0 Å². The molecule has 0 atom stereocenters. The van der Waals surface area contributed by atoms with E-state index in [4.69, 9.17) is 33.0 Å². The van der Waals surface area contributed by atoms with Crippen LogP contribution in [0.5, 0.6) is 5.75 Å². The van der Waals surface area contributed by atoms with E-state index in [1.807, 2.05) is 23.6 Å². The van der Waals surface area contributed by atoms with Gasteiger partial charge in [0.2, 0.25) is 11.8 Å². The molecule has 1 aromatic carbocycles. The van der Waals surface area contributed by atoms with E-state index in [-0.39, 0.29) is 31.0 Å². The smallest absolute Gasteiger partial charge is 0.303 e. The second-order valence-electron chi connectivity index (χ2n) is 7.33. The molecule has 3 aromatic rings. The van der Waals surface area contributed by atoms with Crippen LogP contribution in [0.3, 0.4) is 0 Å². The molecule has 12 heteroatoms. The number of nitrogens with zero attached hydrogens (tertiary/aromatic N) is 3. The van der Waals surface area contributed by atoms with Crippen molar-refractivity contribution >= 4 is 68.3 Å². The Labute approximate surface area is 213 Å². The van der Waals surface area contributed by atoms with Gasteiger partial charge >= 0.3 is 5.97 Å². The molecular weight excluding hydrogens is 551 g/mol. The number of imidazole rings is 1. The van der Waals surface area contributed by atoms with Gasteiger partial charge in [-0.05, 0) is 47.1 Å². The number of aliphatic carboxylic acids is 1. The Morgan fingerprint density at radius 2 is 1.97 bits per heavy atom. The molecule has 180 valence electrons. The first-order valence-electron chi connectivity index (χ1n) is 10.1. The van der Waals surface area contributed by atoms with Crippen molar-refractivity contribution in [2.45, 2.75) is 26.4 Å². The lowest BCUT2D eigenvalue weighted by Gasteiger charge is -2.21. The number of rotatable bonds is 9. The molecule has 3 rings (SSSR count). The molecule has 2 heterocycles. The lowest BCUT2D eigenvalue weighted by Crippen LogP contribution is -2.38. The highest BCUT2D eigenvalue weighted by molar-refractivity contribution is 9.10. The topological polar surface area (TPSA) is 113 Å². The summed E-state index contributed by atoms with van der Waals surface area (Å²) >= 11 is 16.4. The van der Waals surface area contributed by atoms with Crippen LogP contribution >= 0.6 is 39.1 Å². The maximum Gasteiger partial charge on any atom is 0.303 e. The van der Waals surface area contributed by atoms with E-state index in [1.165, 1.54) is 11.9 Å². The van der Waals surface area contributed by atoms with Crippen molar-refractivity contribution in [2.75, 3.05) is 18.5 Å². The molecule has 0 aliphatic carbocycles. The predicted molar refractivity (Wildman–Crippen MR) is 132 cm³/mol. The number of nitrogens with one attached hydrogen (secondary N) is 1. The highest BCUT2D eigenvalue weighted by Crippen LogP contribution is 2.35. The van der Waals surface area contributed by atoms with Crippen molar-refractivity contribution in [3.63, 3.8) is 0 Å². The molecule has 0 aliphatic rings. The average molecular weight is 572 g/mol. The number of pyridine rings is 1. The zero-order valence-electron chi connectivity index (χ0n) is 18.3. The van der Waals surface area contributed by atoms with Gasteiger partial charge in [-0.3, -0.25) is 18.8 Å². The number of ether oxygens (including phenoxy) is 1. The summed E-state index contributed by atoms with van der Waals surface area (Å²) in [7, 11) is 1.51. The van der Waals surface area contributed by atoms with Crippen molar-refractivity contribution in [1.29, 1.82) is 0 Å². The average Bonchev–Trinajstić information content (AvgIpc) is 3.09. The molecular formula is C22H21BrCl2N4O5. The summed E-state index contributed by atoms with van der Waals surface area (Å²) in [5, 5.41) is 11.6. The third-order valence-electron chi connectivity index (χ3n) is 4.99. The fourth-order valence-corrected chi connectivity index (χ4v) is 4.08. The Kier molecular flexibility index (Phi) is 8.40. The summed E-state index contributed by atoms with van der Waals surface area (Å²) in [4.78, 5) is 40.6. The number of fused-ring (bicyclic) bond motifs is 1. The number of aromatic nitrogens is 2. The largest absolute Gasteiger partial charge is 0.485 e. The van der Waals surface area contributed by atoms with Crippen LogP contribution < -0.4 is 15.0 Å². The number of hydrogen-bond acceptors (Lipinski definition) is 5. The summed E-state index contributed by atoms with van der Waals surface area (Å²) < 4.78 is 8.64. The Balaban J connectivity index is 1.73. The summed E-state index contributed by atoms with van der Waals surface area (Å²) in [6.07, 6.45) is 1.33. The van der Waals surface area contributed by atoms with Gasteiger partial charge in [0.25, 0.3) is 0 Å². The number of hydrogen-bond donors (Lipinski definition) is 2. The number of benzene rings is 1. The fraction of sp³-hybridized carbons (Fsp3) is 0.273. The number of carboxylic acid groups (broad SMARTS) is 1. The zero-order valence-corrected chi connectivity index (χ0v) is 21.4. The van der Waals surface area contributed by atoms with E-state index >= 15 is 0 Å². The number of anilines is 1. The molecule has 2 amide bonds. The molecule has 0 unspecified atom stereocenters. The van der Waals surface area contributed by atoms with Gasteiger partial charge in [0.1, 0.15) is 11.2 Å². The van der Waals surface area contributed by atoms with Gasteiger partial charge in [0.05, 0.1) is 29.4 Å². The van der Waals surface area contributed by atoms with Crippen molar-refractivity contribution in [3.8, 4) is 5.75 Å². The Hall–Kier alpha value is -2.82. The fourth-order valence-electron chi connectivity index (χ4n) is 3.10. The van der Waals surface area contributed by atoms with E-state index in [2.05, 4.69) is 26.2 Å². The van der Waals surface area contributed by atoms with Crippen LogP contribution in [0.1, 0.15) is 24.1 Å². The van der Waals surface area contributed by atoms with Gasteiger partial charge in [-0.1, -0.05) is 23.2 Å². The van der Waals surface area contributed by atoms with E-state index in [0.29, 0.717) is 27.7 Å². The number of carbonyl (C=O) groups is 3. The lowest BCUT2D eigenvalue weighted by molar-refractivity contribution is -0.138. The Morgan fingerprint density at radius 3 is 2.68 bits per heavy atom. The number of aryl methyl sites for hydroxylation is 1. The summed E-state index contributed by atoms with van der Waals surface area (Å²) in [5.74, 6) is -1.53. The van der Waals surface area contributed by atoms with Crippen LogP contribution in [-0.4, -0.2) is 45.9 Å². The third-order valence-corrected chi connectivity index (χ3v) is 6.72. The molecule has 0 fully saturated rings. The minimum absolute atomic E-state index is 0.0304. The number of likely N-dealkylation sites (N-methyl/N-ethyl adjacent to an activating group) is 1. The lowest BCUT2D eigenvalue weighted by atomic mass is 10.2. The van der Waals surface area contributed by atoms with Crippen molar-refractivity contribution < 1.29 is 24.2 Å². The molecule has 9 nitrogen and oxygen atoms in total. The van der Waals surface area contributed by atoms with Crippen LogP contribution in [0, 0.1) is 6.92 Å². The van der Waals surface area contributed by atoms with Gasteiger partial charge in [-0.2, -0.15) is 0 Å². The van der Waals surface area contributed by atoms with Crippen LogP contribution in [0.2, 0.25) is 10.0 Å². The van der Waals surface area contributed by atoms with Crippen LogP contribution in [0.25, 0.3) is 5.65 Å². The SMILES string of the molecule is Cc1nc2c(OCc3c(Cl)ccc(N(C)C(=O)CNC(=O)CCC(=O)O)c3Cl)cccn2c1Br. The first-order valence-corrected chi connectivity index (χ1v) is 11.6. The van der Waals surface area contributed by atoms with Crippen LogP contribution in [-0.2, 0) is 21.0 Å². The van der Waals surface area contributed by atoms with Crippen LogP contribution in [0.15, 0.2) is 35.1 Å². The van der Waals surface area contributed by atoms with Gasteiger partial charge < -0.3 is 20.1 Å². The highest BCUT2D eigenvalue weighted by Gasteiger charge is 2.20. The van der Waals surface area contributed by atoms with Crippen LogP contribution in [0.4, 0.5) is 5.69 Å². The van der Waals surface area contributed by atoms with E-state index < -0.39 is 17.8 Å². The third kappa shape index (κ3) is 5.81. The first kappa shape index (κ1) is 25.8. The van der Waals surface area contributed by atoms with Crippen molar-refractivity contribution in [2.24, 2.45) is 0 Å².